The Morgan fingerprint density at radius 3 is 2.11 bits per heavy atom. The van der Waals surface area contributed by atoms with Crippen molar-refractivity contribution >= 4 is 10.0 Å². The van der Waals surface area contributed by atoms with E-state index in [1.165, 1.54) is 0 Å². The number of rotatable bonds is 2. The van der Waals surface area contributed by atoms with E-state index in [-0.39, 0.29) is 5.75 Å². The molecule has 9 heavy (non-hydrogen) atoms. The summed E-state index contributed by atoms with van der Waals surface area (Å²) in [6.07, 6.45) is 1.12. The summed E-state index contributed by atoms with van der Waals surface area (Å²) in [5.41, 5.74) is -0.979. The monoisotopic (exact) mass is 151 g/mol. The molecule has 1 aliphatic carbocycles. The molecular weight excluding hydrogens is 142 g/mol. The van der Waals surface area contributed by atoms with Gasteiger partial charge in [0.05, 0.1) is 11.4 Å². The predicted octanol–water partition coefficient (Wildman–Crippen LogP) is -1.20. The van der Waals surface area contributed by atoms with Crippen LogP contribution in [0, 0.1) is 0 Å². The molecule has 1 aliphatic rings. The van der Waals surface area contributed by atoms with Crippen LogP contribution >= 0.6 is 0 Å². The van der Waals surface area contributed by atoms with Crippen LogP contribution in [-0.4, -0.2) is 24.9 Å². The van der Waals surface area contributed by atoms with Crippen LogP contribution in [0.5, 0.6) is 0 Å². The predicted molar refractivity (Wildman–Crippen MR) is 32.2 cm³/mol. The molecule has 3 N–H and O–H groups in total. The lowest BCUT2D eigenvalue weighted by atomic mass is 10.4. The van der Waals surface area contributed by atoms with E-state index in [9.17, 15) is 8.42 Å². The third-order valence-corrected chi connectivity index (χ3v) is 2.24. The van der Waals surface area contributed by atoms with Crippen LogP contribution in [0.25, 0.3) is 0 Å². The van der Waals surface area contributed by atoms with Crippen LogP contribution in [-0.2, 0) is 10.0 Å². The first kappa shape index (κ1) is 6.98. The Kier molecular flexibility index (Phi) is 1.30. The molecule has 0 aromatic carbocycles. The number of hydrogen-bond donors (Lipinski definition) is 2. The van der Waals surface area contributed by atoms with Gasteiger partial charge in [-0.2, -0.15) is 0 Å². The van der Waals surface area contributed by atoms with E-state index < -0.39 is 15.6 Å². The van der Waals surface area contributed by atoms with Gasteiger partial charge in [-0.25, -0.2) is 13.6 Å². The molecule has 1 saturated carbocycles. The van der Waals surface area contributed by atoms with Crippen LogP contribution in [0.1, 0.15) is 12.8 Å². The number of nitrogens with two attached hydrogens (primary N) is 1. The zero-order valence-corrected chi connectivity index (χ0v) is 5.69. The van der Waals surface area contributed by atoms with Crippen molar-refractivity contribution in [2.24, 2.45) is 5.14 Å². The Morgan fingerprint density at radius 2 is 2.00 bits per heavy atom. The molecule has 0 unspecified atom stereocenters. The van der Waals surface area contributed by atoms with E-state index in [4.69, 9.17) is 5.11 Å². The highest BCUT2D eigenvalue weighted by molar-refractivity contribution is 7.89. The van der Waals surface area contributed by atoms with E-state index in [1.54, 1.807) is 0 Å². The minimum atomic E-state index is -3.47. The summed E-state index contributed by atoms with van der Waals surface area (Å²) in [6.45, 7) is 0. The van der Waals surface area contributed by atoms with Crippen LogP contribution in [0.2, 0.25) is 0 Å². The molecule has 1 fully saturated rings. The maximum Gasteiger partial charge on any atom is 0.211 e. The molecule has 0 radical (unpaired) electrons. The first-order valence-corrected chi connectivity index (χ1v) is 4.36. The molecule has 0 amide bonds. The molecule has 0 aromatic rings. The van der Waals surface area contributed by atoms with Crippen molar-refractivity contribution in [1.29, 1.82) is 0 Å². The van der Waals surface area contributed by atoms with Crippen molar-refractivity contribution in [2.75, 3.05) is 5.75 Å². The minimum absolute atomic E-state index is 0.292. The van der Waals surface area contributed by atoms with Crippen LogP contribution in [0.4, 0.5) is 0 Å². The Morgan fingerprint density at radius 1 is 1.56 bits per heavy atom. The van der Waals surface area contributed by atoms with Crippen LogP contribution in [0.15, 0.2) is 0 Å². The molecule has 0 aromatic heterocycles. The number of sulfonamides is 1. The summed E-state index contributed by atoms with van der Waals surface area (Å²) in [4.78, 5) is 0. The van der Waals surface area contributed by atoms with E-state index in [2.05, 4.69) is 5.14 Å². The van der Waals surface area contributed by atoms with Gasteiger partial charge in [-0.05, 0) is 12.8 Å². The minimum Gasteiger partial charge on any atom is -0.389 e. The summed E-state index contributed by atoms with van der Waals surface area (Å²) >= 11 is 0. The average molecular weight is 151 g/mol. The zero-order chi connectivity index (χ0) is 7.12. The highest BCUT2D eigenvalue weighted by Gasteiger charge is 2.43. The Balaban J connectivity index is 2.53. The van der Waals surface area contributed by atoms with Crippen molar-refractivity contribution in [2.45, 2.75) is 18.4 Å². The second-order valence-electron chi connectivity index (χ2n) is 2.53. The second-order valence-corrected chi connectivity index (χ2v) is 4.15. The van der Waals surface area contributed by atoms with E-state index in [0.717, 1.165) is 0 Å². The Bertz CT molecular complexity index is 204. The molecule has 5 heteroatoms. The lowest BCUT2D eigenvalue weighted by Crippen LogP contribution is -2.27. The Hall–Kier alpha value is -0.130. The van der Waals surface area contributed by atoms with Crippen molar-refractivity contribution in [1.82, 2.24) is 0 Å². The summed E-state index contributed by atoms with van der Waals surface area (Å²) in [6, 6.07) is 0. The highest BCUT2D eigenvalue weighted by atomic mass is 32.2. The van der Waals surface area contributed by atoms with Crippen molar-refractivity contribution in [3.8, 4) is 0 Å². The fourth-order valence-electron chi connectivity index (χ4n) is 0.663. The van der Waals surface area contributed by atoms with Gasteiger partial charge in [0.25, 0.3) is 0 Å². The SMILES string of the molecule is NS(=O)(=O)CC1(O)CC1. The summed E-state index contributed by atoms with van der Waals surface area (Å²) in [5, 5.41) is 13.7. The molecule has 0 aliphatic heterocycles. The summed E-state index contributed by atoms with van der Waals surface area (Å²) in [5.74, 6) is -0.292. The van der Waals surface area contributed by atoms with E-state index in [0.29, 0.717) is 12.8 Å². The van der Waals surface area contributed by atoms with Crippen molar-refractivity contribution in [3.05, 3.63) is 0 Å². The lowest BCUT2D eigenvalue weighted by Gasteiger charge is -2.02. The second kappa shape index (κ2) is 1.68. The quantitative estimate of drug-likeness (QED) is 0.520. The highest BCUT2D eigenvalue weighted by Crippen LogP contribution is 2.35. The molecular formula is C4H9NO3S. The van der Waals surface area contributed by atoms with Gasteiger partial charge in [0.15, 0.2) is 0 Å². The average Bonchev–Trinajstić information content (AvgIpc) is 2.12. The van der Waals surface area contributed by atoms with Gasteiger partial charge >= 0.3 is 0 Å². The van der Waals surface area contributed by atoms with E-state index >= 15 is 0 Å². The summed E-state index contributed by atoms with van der Waals surface area (Å²) in [7, 11) is -3.47. The van der Waals surface area contributed by atoms with Gasteiger partial charge in [0.2, 0.25) is 10.0 Å². The van der Waals surface area contributed by atoms with Crippen LogP contribution < -0.4 is 5.14 Å². The molecule has 0 saturated heterocycles. The molecule has 0 atom stereocenters. The third kappa shape index (κ3) is 2.30. The largest absolute Gasteiger partial charge is 0.389 e. The first-order chi connectivity index (χ1) is 3.91. The fraction of sp³-hybridized carbons (Fsp3) is 1.00. The maximum atomic E-state index is 10.3. The van der Waals surface area contributed by atoms with Gasteiger partial charge in [0.1, 0.15) is 0 Å². The topological polar surface area (TPSA) is 80.4 Å². The molecule has 0 heterocycles. The van der Waals surface area contributed by atoms with Crippen molar-refractivity contribution in [3.63, 3.8) is 0 Å². The van der Waals surface area contributed by atoms with Gasteiger partial charge in [-0.3, -0.25) is 0 Å². The van der Waals surface area contributed by atoms with Crippen LogP contribution in [0.3, 0.4) is 0 Å². The van der Waals surface area contributed by atoms with Gasteiger partial charge < -0.3 is 5.11 Å². The molecule has 1 rings (SSSR count). The van der Waals surface area contributed by atoms with Crippen molar-refractivity contribution < 1.29 is 13.5 Å². The third-order valence-electron chi connectivity index (χ3n) is 1.30. The number of hydrogen-bond acceptors (Lipinski definition) is 3. The fourth-order valence-corrected chi connectivity index (χ4v) is 1.70. The summed E-state index contributed by atoms with van der Waals surface area (Å²) < 4.78 is 20.6. The number of primary sulfonamides is 1. The van der Waals surface area contributed by atoms with Gasteiger partial charge in [0, 0.05) is 0 Å². The lowest BCUT2D eigenvalue weighted by molar-refractivity contribution is 0.174. The zero-order valence-electron chi connectivity index (χ0n) is 4.87. The molecule has 4 nitrogen and oxygen atoms in total. The maximum absolute atomic E-state index is 10.3. The van der Waals surface area contributed by atoms with Gasteiger partial charge in [-0.1, -0.05) is 0 Å². The number of aliphatic hydroxyl groups is 1. The molecule has 0 bridgehead atoms. The Labute approximate surface area is 53.7 Å². The van der Waals surface area contributed by atoms with E-state index in [1.807, 2.05) is 0 Å². The normalized spacial score (nSPS) is 23.8. The smallest absolute Gasteiger partial charge is 0.211 e. The standard InChI is InChI=1S/C4H9NO3S/c5-9(7,8)3-4(6)1-2-4/h6H,1-3H2,(H2,5,7,8). The first-order valence-electron chi connectivity index (χ1n) is 2.64. The molecule has 0 spiro atoms. The molecule has 54 valence electrons. The van der Waals surface area contributed by atoms with Gasteiger partial charge in [-0.15, -0.1) is 0 Å².